The van der Waals surface area contributed by atoms with Crippen LogP contribution >= 0.6 is 0 Å². The van der Waals surface area contributed by atoms with Gasteiger partial charge in [-0.05, 0) is 26.3 Å². The highest BCUT2D eigenvalue weighted by Gasteiger charge is 2.20. The number of hydrogen-bond donors (Lipinski definition) is 2. The summed E-state index contributed by atoms with van der Waals surface area (Å²) in [7, 11) is 0. The Morgan fingerprint density at radius 2 is 2.29 bits per heavy atom. The molecule has 17 heavy (non-hydrogen) atoms. The summed E-state index contributed by atoms with van der Waals surface area (Å²) in [5, 5.41) is 5.97. The summed E-state index contributed by atoms with van der Waals surface area (Å²) in [5.41, 5.74) is 0.769. The molecule has 0 saturated carbocycles. The van der Waals surface area contributed by atoms with Gasteiger partial charge in [-0.2, -0.15) is 4.98 Å². The highest BCUT2D eigenvalue weighted by Crippen LogP contribution is 2.12. The minimum Gasteiger partial charge on any atom is -0.432 e. The van der Waals surface area contributed by atoms with Gasteiger partial charge in [0, 0.05) is 0 Å². The molecule has 1 aliphatic rings. The number of rotatable bonds is 2. The Balaban J connectivity index is 1.89. The summed E-state index contributed by atoms with van der Waals surface area (Å²) in [6.45, 7) is 2.73. The van der Waals surface area contributed by atoms with E-state index in [0.717, 1.165) is 31.5 Å². The lowest BCUT2D eigenvalue weighted by molar-refractivity contribution is -0.118. The van der Waals surface area contributed by atoms with Crippen LogP contribution in [0.15, 0.2) is 10.7 Å². The molecule has 0 aliphatic carbocycles. The van der Waals surface area contributed by atoms with Crippen LogP contribution in [0.1, 0.15) is 37.8 Å². The topological polar surface area (TPSA) is 67.2 Å². The summed E-state index contributed by atoms with van der Waals surface area (Å²) < 4.78 is 5.11. The van der Waals surface area contributed by atoms with Crippen molar-refractivity contribution in [3.63, 3.8) is 0 Å². The monoisotopic (exact) mass is 237 g/mol. The quantitative estimate of drug-likeness (QED) is 0.823. The average molecular weight is 237 g/mol. The predicted molar refractivity (Wildman–Crippen MR) is 64.7 cm³/mol. The number of anilines is 1. The molecule has 0 aromatic carbocycles. The van der Waals surface area contributed by atoms with E-state index in [-0.39, 0.29) is 18.0 Å². The number of amides is 1. The number of hydrogen-bond acceptors (Lipinski definition) is 4. The zero-order valence-electron chi connectivity index (χ0n) is 10.2. The number of carbonyl (C=O) groups is 1. The zero-order valence-corrected chi connectivity index (χ0v) is 10.2. The van der Waals surface area contributed by atoms with E-state index in [9.17, 15) is 4.79 Å². The molecule has 5 heteroatoms. The molecular formula is C12H19N3O2. The SMILES string of the molecule is Cc1coc(NC(=O)C2CCCCCCN2)n1. The Hall–Kier alpha value is -1.36. The molecule has 94 valence electrons. The fraction of sp³-hybridized carbons (Fsp3) is 0.667. The Kier molecular flexibility index (Phi) is 4.14. The van der Waals surface area contributed by atoms with E-state index in [1.807, 2.05) is 6.92 Å². The maximum atomic E-state index is 12.0. The summed E-state index contributed by atoms with van der Waals surface area (Å²) in [6.07, 6.45) is 7.11. The number of aryl methyl sites for hydroxylation is 1. The van der Waals surface area contributed by atoms with Gasteiger partial charge in [0.2, 0.25) is 5.91 Å². The molecule has 2 N–H and O–H groups in total. The Labute approximate surface area is 101 Å². The molecule has 1 aliphatic heterocycles. The van der Waals surface area contributed by atoms with Crippen molar-refractivity contribution in [1.29, 1.82) is 0 Å². The Bertz CT molecular complexity index is 368. The zero-order chi connectivity index (χ0) is 12.1. The van der Waals surface area contributed by atoms with E-state index in [2.05, 4.69) is 15.6 Å². The van der Waals surface area contributed by atoms with Gasteiger partial charge in [0.1, 0.15) is 6.26 Å². The van der Waals surface area contributed by atoms with E-state index in [4.69, 9.17) is 4.42 Å². The van der Waals surface area contributed by atoms with Crippen LogP contribution in [0.2, 0.25) is 0 Å². The van der Waals surface area contributed by atoms with Crippen molar-refractivity contribution in [3.8, 4) is 0 Å². The summed E-state index contributed by atoms with van der Waals surface area (Å²) >= 11 is 0. The van der Waals surface area contributed by atoms with E-state index in [1.54, 1.807) is 0 Å². The van der Waals surface area contributed by atoms with Crippen LogP contribution in [0.4, 0.5) is 6.01 Å². The average Bonchev–Trinajstić information content (AvgIpc) is 2.63. The fourth-order valence-corrected chi connectivity index (χ4v) is 2.03. The van der Waals surface area contributed by atoms with Gasteiger partial charge in [-0.3, -0.25) is 10.1 Å². The van der Waals surface area contributed by atoms with Gasteiger partial charge in [0.25, 0.3) is 0 Å². The molecule has 0 bridgehead atoms. The second kappa shape index (κ2) is 5.82. The second-order valence-electron chi connectivity index (χ2n) is 4.49. The molecule has 1 aromatic rings. The van der Waals surface area contributed by atoms with Gasteiger partial charge in [0.05, 0.1) is 11.7 Å². The molecule has 0 radical (unpaired) electrons. The van der Waals surface area contributed by atoms with Crippen LogP contribution in [0.3, 0.4) is 0 Å². The van der Waals surface area contributed by atoms with Gasteiger partial charge >= 0.3 is 6.01 Å². The first-order chi connectivity index (χ1) is 8.25. The van der Waals surface area contributed by atoms with Crippen molar-refractivity contribution in [1.82, 2.24) is 10.3 Å². The smallest absolute Gasteiger partial charge is 0.301 e. The van der Waals surface area contributed by atoms with Crippen molar-refractivity contribution >= 4 is 11.9 Å². The minimum absolute atomic E-state index is 0.0475. The normalized spacial score (nSPS) is 21.6. The Morgan fingerprint density at radius 1 is 1.47 bits per heavy atom. The van der Waals surface area contributed by atoms with Gasteiger partial charge in [-0.1, -0.05) is 19.3 Å². The summed E-state index contributed by atoms with van der Waals surface area (Å²) in [6, 6.07) is 0.166. The third-order valence-corrected chi connectivity index (χ3v) is 2.98. The maximum absolute atomic E-state index is 12.0. The third kappa shape index (κ3) is 3.56. The highest BCUT2D eigenvalue weighted by molar-refractivity contribution is 5.93. The van der Waals surface area contributed by atoms with Crippen molar-refractivity contribution in [2.24, 2.45) is 0 Å². The molecule has 1 amide bonds. The van der Waals surface area contributed by atoms with Gasteiger partial charge in [-0.25, -0.2) is 0 Å². The highest BCUT2D eigenvalue weighted by atomic mass is 16.4. The van der Waals surface area contributed by atoms with Gasteiger partial charge in [0.15, 0.2) is 0 Å². The number of nitrogens with one attached hydrogen (secondary N) is 2. The molecular weight excluding hydrogens is 218 g/mol. The minimum atomic E-state index is -0.123. The van der Waals surface area contributed by atoms with Crippen molar-refractivity contribution < 1.29 is 9.21 Å². The van der Waals surface area contributed by atoms with E-state index in [0.29, 0.717) is 0 Å². The Morgan fingerprint density at radius 3 is 3.06 bits per heavy atom. The first-order valence-corrected chi connectivity index (χ1v) is 6.22. The fourth-order valence-electron chi connectivity index (χ4n) is 2.03. The molecule has 1 unspecified atom stereocenters. The van der Waals surface area contributed by atoms with E-state index >= 15 is 0 Å². The first kappa shape index (κ1) is 12.1. The van der Waals surface area contributed by atoms with Crippen LogP contribution in [0.5, 0.6) is 0 Å². The third-order valence-electron chi connectivity index (χ3n) is 2.98. The van der Waals surface area contributed by atoms with Crippen LogP contribution in [-0.4, -0.2) is 23.5 Å². The second-order valence-corrected chi connectivity index (χ2v) is 4.49. The van der Waals surface area contributed by atoms with Gasteiger partial charge in [-0.15, -0.1) is 0 Å². The first-order valence-electron chi connectivity index (χ1n) is 6.22. The van der Waals surface area contributed by atoms with Crippen LogP contribution < -0.4 is 10.6 Å². The molecule has 2 heterocycles. The largest absolute Gasteiger partial charge is 0.432 e. The summed E-state index contributed by atoms with van der Waals surface area (Å²) in [4.78, 5) is 16.0. The lowest BCUT2D eigenvalue weighted by Crippen LogP contribution is -2.41. The number of nitrogens with zero attached hydrogens (tertiary/aromatic N) is 1. The molecule has 1 saturated heterocycles. The van der Waals surface area contributed by atoms with Crippen molar-refractivity contribution in [2.75, 3.05) is 11.9 Å². The number of aromatic nitrogens is 1. The molecule has 2 rings (SSSR count). The van der Waals surface area contributed by atoms with Crippen LogP contribution in [0.25, 0.3) is 0 Å². The van der Waals surface area contributed by atoms with Crippen LogP contribution in [-0.2, 0) is 4.79 Å². The molecule has 0 spiro atoms. The van der Waals surface area contributed by atoms with E-state index < -0.39 is 0 Å². The molecule has 1 fully saturated rings. The molecule has 1 atom stereocenters. The number of oxazole rings is 1. The van der Waals surface area contributed by atoms with Crippen molar-refractivity contribution in [2.45, 2.75) is 45.1 Å². The molecule has 5 nitrogen and oxygen atoms in total. The lowest BCUT2D eigenvalue weighted by atomic mass is 10.0. The number of carbonyl (C=O) groups excluding carboxylic acids is 1. The maximum Gasteiger partial charge on any atom is 0.301 e. The lowest BCUT2D eigenvalue weighted by Gasteiger charge is -2.19. The van der Waals surface area contributed by atoms with Crippen molar-refractivity contribution in [3.05, 3.63) is 12.0 Å². The molecule has 1 aromatic heterocycles. The van der Waals surface area contributed by atoms with Gasteiger partial charge < -0.3 is 9.73 Å². The van der Waals surface area contributed by atoms with E-state index in [1.165, 1.54) is 19.1 Å². The predicted octanol–water partition coefficient (Wildman–Crippen LogP) is 1.84. The van der Waals surface area contributed by atoms with Crippen LogP contribution in [0, 0.1) is 6.92 Å². The standard InChI is InChI=1S/C12H19N3O2/c1-9-8-17-12(14-9)15-11(16)10-6-4-2-3-5-7-13-10/h8,10,13H,2-7H2,1H3,(H,14,15,16). The summed E-state index contributed by atoms with van der Waals surface area (Å²) in [5.74, 6) is -0.0475.